The van der Waals surface area contributed by atoms with Crippen molar-refractivity contribution in [3.63, 3.8) is 0 Å². The lowest BCUT2D eigenvalue weighted by Gasteiger charge is -2.05. The zero-order chi connectivity index (χ0) is 17.1. The van der Waals surface area contributed by atoms with Crippen molar-refractivity contribution < 1.29 is 9.59 Å². The van der Waals surface area contributed by atoms with E-state index in [1.165, 1.54) is 11.3 Å². The summed E-state index contributed by atoms with van der Waals surface area (Å²) in [6.45, 7) is 4.06. The predicted molar refractivity (Wildman–Crippen MR) is 97.0 cm³/mol. The molecule has 6 heteroatoms. The molecule has 1 heterocycles. The third kappa shape index (κ3) is 4.00. The molecule has 24 heavy (non-hydrogen) atoms. The molecule has 3 rings (SSSR count). The van der Waals surface area contributed by atoms with Gasteiger partial charge >= 0.3 is 0 Å². The molecular formula is C18H21N3O2S. The summed E-state index contributed by atoms with van der Waals surface area (Å²) in [5, 5.41) is 8.31. The molecule has 1 aromatic heterocycles. The average Bonchev–Trinajstić information content (AvgIpc) is 3.11. The van der Waals surface area contributed by atoms with E-state index in [0.29, 0.717) is 17.5 Å². The number of carbonyl (C=O) groups is 2. The highest BCUT2D eigenvalue weighted by molar-refractivity contribution is 7.14. The molecule has 1 fully saturated rings. The predicted octanol–water partition coefficient (Wildman–Crippen LogP) is 4.14. The lowest BCUT2D eigenvalue weighted by Crippen LogP contribution is -2.14. The number of aromatic nitrogens is 1. The standard InChI is InChI=1S/C18H21N3O2S/c1-3-4-16(22)19-13-7-5-12(6-8-13)15-10-24-18(20-15)21-17(23)14-9-11(14)2/h5-8,10-11,14H,3-4,9H2,1-2H3,(H,19,22)(H,20,21,23)/t11-,14+/m0/s1. The molecule has 1 aromatic carbocycles. The van der Waals surface area contributed by atoms with Gasteiger partial charge in [-0.1, -0.05) is 26.0 Å². The number of hydrogen-bond donors (Lipinski definition) is 2. The van der Waals surface area contributed by atoms with Crippen molar-refractivity contribution in [2.24, 2.45) is 11.8 Å². The summed E-state index contributed by atoms with van der Waals surface area (Å²) in [6, 6.07) is 7.58. The minimum absolute atomic E-state index is 0.0261. The van der Waals surface area contributed by atoms with Gasteiger partial charge in [0.1, 0.15) is 0 Å². The van der Waals surface area contributed by atoms with Crippen LogP contribution in [0.15, 0.2) is 29.6 Å². The quantitative estimate of drug-likeness (QED) is 0.828. The van der Waals surface area contributed by atoms with Crippen LogP contribution in [0, 0.1) is 11.8 Å². The van der Waals surface area contributed by atoms with E-state index in [1.54, 1.807) is 0 Å². The van der Waals surface area contributed by atoms with Gasteiger partial charge in [0, 0.05) is 29.0 Å². The maximum atomic E-state index is 11.9. The zero-order valence-electron chi connectivity index (χ0n) is 13.8. The molecule has 126 valence electrons. The van der Waals surface area contributed by atoms with Crippen molar-refractivity contribution in [3.05, 3.63) is 29.6 Å². The van der Waals surface area contributed by atoms with E-state index in [1.807, 2.05) is 36.6 Å². The van der Waals surface area contributed by atoms with E-state index in [2.05, 4.69) is 22.5 Å². The molecule has 0 unspecified atom stereocenters. The van der Waals surface area contributed by atoms with Gasteiger partial charge in [0.25, 0.3) is 0 Å². The van der Waals surface area contributed by atoms with Crippen molar-refractivity contribution in [3.8, 4) is 11.3 Å². The number of anilines is 2. The van der Waals surface area contributed by atoms with Crippen LogP contribution in [0.4, 0.5) is 10.8 Å². The molecule has 0 bridgehead atoms. The number of benzene rings is 1. The number of nitrogens with one attached hydrogen (secondary N) is 2. The monoisotopic (exact) mass is 343 g/mol. The lowest BCUT2D eigenvalue weighted by molar-refractivity contribution is -0.118. The smallest absolute Gasteiger partial charge is 0.229 e. The van der Waals surface area contributed by atoms with E-state index >= 15 is 0 Å². The van der Waals surface area contributed by atoms with Gasteiger partial charge in [-0.3, -0.25) is 9.59 Å². The van der Waals surface area contributed by atoms with E-state index in [4.69, 9.17) is 0 Å². The van der Waals surface area contributed by atoms with Gasteiger partial charge in [-0.2, -0.15) is 0 Å². The molecule has 0 aliphatic heterocycles. The molecule has 0 spiro atoms. The van der Waals surface area contributed by atoms with Crippen molar-refractivity contribution in [2.45, 2.75) is 33.1 Å². The Morgan fingerprint density at radius 1 is 1.25 bits per heavy atom. The second-order valence-electron chi connectivity index (χ2n) is 6.22. The molecule has 2 atom stereocenters. The summed E-state index contributed by atoms with van der Waals surface area (Å²) in [6.07, 6.45) is 2.32. The molecule has 0 saturated heterocycles. The van der Waals surface area contributed by atoms with Gasteiger partial charge in [0.2, 0.25) is 11.8 Å². The van der Waals surface area contributed by atoms with Crippen LogP contribution in [0.3, 0.4) is 0 Å². The molecule has 1 aliphatic carbocycles. The van der Waals surface area contributed by atoms with Crippen molar-refractivity contribution in [2.75, 3.05) is 10.6 Å². The fourth-order valence-corrected chi connectivity index (χ4v) is 3.25. The SMILES string of the molecule is CCCC(=O)Nc1ccc(-c2csc(NC(=O)[C@@H]3C[C@@H]3C)n2)cc1. The van der Waals surface area contributed by atoms with Crippen LogP contribution in [-0.2, 0) is 9.59 Å². The number of carbonyl (C=O) groups excluding carboxylic acids is 2. The highest BCUT2D eigenvalue weighted by Gasteiger charge is 2.39. The van der Waals surface area contributed by atoms with Crippen LogP contribution in [-0.4, -0.2) is 16.8 Å². The fourth-order valence-electron chi connectivity index (χ4n) is 2.52. The van der Waals surface area contributed by atoms with Gasteiger partial charge in [-0.15, -0.1) is 11.3 Å². The molecule has 5 nitrogen and oxygen atoms in total. The Hall–Kier alpha value is -2.21. The first kappa shape index (κ1) is 16.6. The lowest BCUT2D eigenvalue weighted by atomic mass is 10.1. The number of thiazole rings is 1. The van der Waals surface area contributed by atoms with Gasteiger partial charge in [0.05, 0.1) is 5.69 Å². The second kappa shape index (κ2) is 7.13. The molecule has 1 saturated carbocycles. The zero-order valence-corrected chi connectivity index (χ0v) is 14.7. The molecule has 2 N–H and O–H groups in total. The third-order valence-corrected chi connectivity index (χ3v) is 4.88. The maximum Gasteiger partial charge on any atom is 0.229 e. The molecule has 1 aliphatic rings. The normalized spacial score (nSPS) is 18.9. The minimum Gasteiger partial charge on any atom is -0.326 e. The van der Waals surface area contributed by atoms with Crippen molar-refractivity contribution in [1.82, 2.24) is 4.98 Å². The number of amides is 2. The first-order valence-corrected chi connectivity index (χ1v) is 9.11. The van der Waals surface area contributed by atoms with Crippen LogP contribution >= 0.6 is 11.3 Å². The topological polar surface area (TPSA) is 71.1 Å². The van der Waals surface area contributed by atoms with E-state index in [-0.39, 0.29) is 17.7 Å². The Balaban J connectivity index is 1.62. The minimum atomic E-state index is 0.0261. The van der Waals surface area contributed by atoms with E-state index in [9.17, 15) is 9.59 Å². The Morgan fingerprint density at radius 2 is 1.96 bits per heavy atom. The summed E-state index contributed by atoms with van der Waals surface area (Å²) in [4.78, 5) is 28.0. The number of hydrogen-bond acceptors (Lipinski definition) is 4. The fraction of sp³-hybridized carbons (Fsp3) is 0.389. The van der Waals surface area contributed by atoms with Gasteiger partial charge in [-0.05, 0) is 30.9 Å². The highest BCUT2D eigenvalue weighted by atomic mass is 32.1. The van der Waals surface area contributed by atoms with Gasteiger partial charge < -0.3 is 10.6 Å². The summed E-state index contributed by atoms with van der Waals surface area (Å²) >= 11 is 1.43. The summed E-state index contributed by atoms with van der Waals surface area (Å²) < 4.78 is 0. The first-order valence-electron chi connectivity index (χ1n) is 8.23. The van der Waals surface area contributed by atoms with Gasteiger partial charge in [-0.25, -0.2) is 4.98 Å². The van der Waals surface area contributed by atoms with Crippen molar-refractivity contribution in [1.29, 1.82) is 0 Å². The number of rotatable bonds is 6. The van der Waals surface area contributed by atoms with Gasteiger partial charge in [0.15, 0.2) is 5.13 Å². The van der Waals surface area contributed by atoms with Crippen LogP contribution < -0.4 is 10.6 Å². The van der Waals surface area contributed by atoms with E-state index < -0.39 is 0 Å². The second-order valence-corrected chi connectivity index (χ2v) is 7.08. The molecular weight excluding hydrogens is 322 g/mol. The van der Waals surface area contributed by atoms with Crippen LogP contribution in [0.25, 0.3) is 11.3 Å². The average molecular weight is 343 g/mol. The summed E-state index contributed by atoms with van der Waals surface area (Å²) in [5.41, 5.74) is 2.56. The first-order chi connectivity index (χ1) is 11.6. The maximum absolute atomic E-state index is 11.9. The summed E-state index contributed by atoms with van der Waals surface area (Å²) in [7, 11) is 0. The Labute approximate surface area is 145 Å². The molecule has 0 radical (unpaired) electrons. The number of nitrogens with zero attached hydrogens (tertiary/aromatic N) is 1. The van der Waals surface area contributed by atoms with Crippen molar-refractivity contribution >= 4 is 34.0 Å². The molecule has 2 amide bonds. The molecule has 2 aromatic rings. The largest absolute Gasteiger partial charge is 0.326 e. The van der Waals surface area contributed by atoms with Crippen LogP contribution in [0.5, 0.6) is 0 Å². The Morgan fingerprint density at radius 3 is 2.58 bits per heavy atom. The highest BCUT2D eigenvalue weighted by Crippen LogP contribution is 2.38. The van der Waals surface area contributed by atoms with E-state index in [0.717, 1.165) is 29.8 Å². The van der Waals surface area contributed by atoms with Crippen LogP contribution in [0.1, 0.15) is 33.1 Å². The third-order valence-electron chi connectivity index (χ3n) is 4.12. The van der Waals surface area contributed by atoms with Crippen LogP contribution in [0.2, 0.25) is 0 Å². The Bertz CT molecular complexity index is 739. The Kier molecular flexibility index (Phi) is 4.94. The summed E-state index contributed by atoms with van der Waals surface area (Å²) in [5.74, 6) is 0.721.